The molecule has 0 aliphatic carbocycles. The van der Waals surface area contributed by atoms with Crippen LogP contribution in [0.4, 0.5) is 0 Å². The van der Waals surface area contributed by atoms with Crippen LogP contribution in [0, 0.1) is 6.92 Å². The van der Waals surface area contributed by atoms with Crippen LogP contribution < -0.4 is 9.57 Å². The predicted molar refractivity (Wildman–Crippen MR) is 91.5 cm³/mol. The Balaban J connectivity index is 2.35. The Hall–Kier alpha value is -2.68. The van der Waals surface area contributed by atoms with E-state index in [0.717, 1.165) is 33.1 Å². The maximum absolute atomic E-state index is 5.90. The Morgan fingerprint density at radius 1 is 1.00 bits per heavy atom. The quantitative estimate of drug-likeness (QED) is 0.633. The predicted octanol–water partition coefficient (Wildman–Crippen LogP) is 4.28. The third-order valence-electron chi connectivity index (χ3n) is 3.61. The third-order valence-corrected chi connectivity index (χ3v) is 3.61. The zero-order valence-corrected chi connectivity index (χ0v) is 12.7. The number of fused-ring (bicyclic) bond motifs is 3. The number of ether oxygens (including phenoxy) is 1. The van der Waals surface area contributed by atoms with Crippen molar-refractivity contribution >= 4 is 21.8 Å². The second kappa shape index (κ2) is 5.98. The largest absolute Gasteiger partial charge is 0.487 e. The molecule has 0 bridgehead atoms. The number of aromatic nitrogens is 1. The third kappa shape index (κ3) is 2.25. The van der Waals surface area contributed by atoms with Crippen molar-refractivity contribution in [2.45, 2.75) is 6.92 Å². The van der Waals surface area contributed by atoms with E-state index >= 15 is 0 Å². The molecule has 1 heterocycles. The van der Waals surface area contributed by atoms with Gasteiger partial charge in [0.25, 0.3) is 0 Å². The minimum atomic E-state index is 0.433. The van der Waals surface area contributed by atoms with Crippen LogP contribution in [0.5, 0.6) is 5.75 Å². The van der Waals surface area contributed by atoms with Crippen LogP contribution >= 0.6 is 0 Å². The molecule has 0 spiro atoms. The zero-order valence-electron chi connectivity index (χ0n) is 12.7. The van der Waals surface area contributed by atoms with Gasteiger partial charge in [0, 0.05) is 10.8 Å². The highest BCUT2D eigenvalue weighted by molar-refractivity contribution is 6.10. The van der Waals surface area contributed by atoms with Gasteiger partial charge in [0.1, 0.15) is 24.5 Å². The summed E-state index contributed by atoms with van der Waals surface area (Å²) in [5.41, 5.74) is 3.04. The highest BCUT2D eigenvalue weighted by Gasteiger charge is 2.17. The van der Waals surface area contributed by atoms with Crippen LogP contribution in [0.25, 0.3) is 21.8 Å². The Morgan fingerprint density at radius 2 is 1.77 bits per heavy atom. The number of benzene rings is 2. The van der Waals surface area contributed by atoms with Crippen molar-refractivity contribution in [3.05, 3.63) is 67.3 Å². The smallest absolute Gasteiger partial charge is 0.150 e. The van der Waals surface area contributed by atoms with Crippen molar-refractivity contribution in [1.82, 2.24) is 4.73 Å². The number of nitrogens with zero attached hydrogens (tertiary/aromatic N) is 1. The number of aryl methyl sites for hydroxylation is 1. The van der Waals surface area contributed by atoms with Gasteiger partial charge in [0.15, 0.2) is 0 Å². The molecule has 2 aromatic carbocycles. The molecule has 0 atom stereocenters. The monoisotopic (exact) mass is 293 g/mol. The molecule has 3 aromatic rings. The molecule has 22 heavy (non-hydrogen) atoms. The average Bonchev–Trinajstić information content (AvgIpc) is 2.86. The first kappa shape index (κ1) is 14.3. The topological polar surface area (TPSA) is 23.4 Å². The summed E-state index contributed by atoms with van der Waals surface area (Å²) >= 11 is 0. The van der Waals surface area contributed by atoms with Crippen LogP contribution in [0.3, 0.4) is 0 Å². The van der Waals surface area contributed by atoms with Crippen LogP contribution in [0.2, 0.25) is 0 Å². The van der Waals surface area contributed by atoms with Gasteiger partial charge < -0.3 is 9.57 Å². The summed E-state index contributed by atoms with van der Waals surface area (Å²) in [5, 5.41) is 2.26. The summed E-state index contributed by atoms with van der Waals surface area (Å²) in [6, 6.07) is 12.4. The molecule has 3 heteroatoms. The normalized spacial score (nSPS) is 10.8. The molecule has 1 aromatic heterocycles. The number of para-hydroxylation sites is 1. The summed E-state index contributed by atoms with van der Waals surface area (Å²) in [6.07, 6.45) is 3.48. The van der Waals surface area contributed by atoms with Gasteiger partial charge in [0.05, 0.1) is 5.52 Å². The summed E-state index contributed by atoms with van der Waals surface area (Å²) in [7, 11) is 0. The van der Waals surface area contributed by atoms with Crippen LogP contribution in [0.15, 0.2) is 61.7 Å². The van der Waals surface area contributed by atoms with Crippen molar-refractivity contribution in [3.8, 4) is 5.75 Å². The zero-order chi connectivity index (χ0) is 15.5. The maximum atomic E-state index is 5.90. The van der Waals surface area contributed by atoms with E-state index in [2.05, 4.69) is 31.4 Å². The SMILES string of the molecule is C=CCOc1c(C)ccc2c3ccccc3n(OCC=C)c12. The van der Waals surface area contributed by atoms with Gasteiger partial charge in [-0.3, -0.25) is 0 Å². The highest BCUT2D eigenvalue weighted by atomic mass is 16.7. The van der Waals surface area contributed by atoms with Crippen molar-refractivity contribution < 1.29 is 9.57 Å². The summed E-state index contributed by atoms with van der Waals surface area (Å²) in [6.45, 7) is 10.4. The Bertz CT molecular complexity index is 845. The van der Waals surface area contributed by atoms with E-state index in [0.29, 0.717) is 13.2 Å². The lowest BCUT2D eigenvalue weighted by atomic mass is 10.1. The van der Waals surface area contributed by atoms with E-state index in [4.69, 9.17) is 9.57 Å². The fraction of sp³-hybridized carbons (Fsp3) is 0.158. The lowest BCUT2D eigenvalue weighted by Crippen LogP contribution is -2.11. The molecule has 0 aliphatic heterocycles. The van der Waals surface area contributed by atoms with Crippen molar-refractivity contribution in [2.24, 2.45) is 0 Å². The second-order valence-corrected chi connectivity index (χ2v) is 5.10. The number of hydrogen-bond donors (Lipinski definition) is 0. The van der Waals surface area contributed by atoms with Gasteiger partial charge in [-0.15, -0.1) is 0 Å². The molecular formula is C19H19NO2. The molecule has 3 nitrogen and oxygen atoms in total. The molecule has 0 amide bonds. The van der Waals surface area contributed by atoms with Gasteiger partial charge in [0.2, 0.25) is 0 Å². The standard InChI is InChI=1S/C19H19NO2/c1-4-12-21-19-14(3)10-11-16-15-8-6-7-9-17(15)20(18(16)19)22-13-5-2/h4-11H,1-2,12-13H2,3H3. The van der Waals surface area contributed by atoms with E-state index in [1.165, 1.54) is 0 Å². The molecule has 0 saturated heterocycles. The number of rotatable bonds is 6. The van der Waals surface area contributed by atoms with Crippen molar-refractivity contribution in [3.63, 3.8) is 0 Å². The van der Waals surface area contributed by atoms with Gasteiger partial charge in [-0.05, 0) is 18.6 Å². The number of hydrogen-bond acceptors (Lipinski definition) is 2. The van der Waals surface area contributed by atoms with Gasteiger partial charge >= 0.3 is 0 Å². The van der Waals surface area contributed by atoms with Crippen molar-refractivity contribution in [2.75, 3.05) is 13.2 Å². The van der Waals surface area contributed by atoms with E-state index in [1.54, 1.807) is 12.2 Å². The molecule has 0 radical (unpaired) electrons. The van der Waals surface area contributed by atoms with E-state index in [9.17, 15) is 0 Å². The van der Waals surface area contributed by atoms with Crippen LogP contribution in [0.1, 0.15) is 5.56 Å². The minimum absolute atomic E-state index is 0.433. The van der Waals surface area contributed by atoms with E-state index in [-0.39, 0.29) is 0 Å². The van der Waals surface area contributed by atoms with Crippen LogP contribution in [-0.2, 0) is 0 Å². The highest BCUT2D eigenvalue weighted by Crippen LogP contribution is 2.36. The first-order valence-corrected chi connectivity index (χ1v) is 7.28. The van der Waals surface area contributed by atoms with Crippen LogP contribution in [-0.4, -0.2) is 17.9 Å². The van der Waals surface area contributed by atoms with Gasteiger partial charge in [-0.2, -0.15) is 4.73 Å². The second-order valence-electron chi connectivity index (χ2n) is 5.10. The summed E-state index contributed by atoms with van der Waals surface area (Å²) in [4.78, 5) is 5.89. The van der Waals surface area contributed by atoms with E-state index in [1.807, 2.05) is 29.9 Å². The molecule has 0 aliphatic rings. The Labute approximate surface area is 130 Å². The first-order chi connectivity index (χ1) is 10.8. The maximum Gasteiger partial charge on any atom is 0.150 e. The Kier molecular flexibility index (Phi) is 3.88. The van der Waals surface area contributed by atoms with Gasteiger partial charge in [-0.1, -0.05) is 55.6 Å². The fourth-order valence-corrected chi connectivity index (χ4v) is 2.68. The molecule has 0 fully saturated rings. The summed E-state index contributed by atoms with van der Waals surface area (Å²) < 4.78 is 7.75. The molecule has 0 saturated carbocycles. The summed E-state index contributed by atoms with van der Waals surface area (Å²) in [5.74, 6) is 0.831. The fourth-order valence-electron chi connectivity index (χ4n) is 2.68. The Morgan fingerprint density at radius 3 is 2.55 bits per heavy atom. The minimum Gasteiger partial charge on any atom is -0.487 e. The van der Waals surface area contributed by atoms with Gasteiger partial charge in [-0.25, -0.2) is 0 Å². The molecule has 3 rings (SSSR count). The molecule has 112 valence electrons. The molecule has 0 N–H and O–H groups in total. The molecule has 0 unspecified atom stereocenters. The average molecular weight is 293 g/mol. The first-order valence-electron chi connectivity index (χ1n) is 7.28. The van der Waals surface area contributed by atoms with Crippen molar-refractivity contribution in [1.29, 1.82) is 0 Å². The molecular weight excluding hydrogens is 274 g/mol. The lowest BCUT2D eigenvalue weighted by Gasteiger charge is -2.13. The van der Waals surface area contributed by atoms with E-state index < -0.39 is 0 Å². The lowest BCUT2D eigenvalue weighted by molar-refractivity contribution is 0.155.